The van der Waals surface area contributed by atoms with Crippen molar-refractivity contribution in [1.82, 2.24) is 42.5 Å². The van der Waals surface area contributed by atoms with Crippen LogP contribution >= 0.6 is 0 Å². The van der Waals surface area contributed by atoms with Crippen molar-refractivity contribution in [3.8, 4) is 5.75 Å². The van der Waals surface area contributed by atoms with Crippen LogP contribution in [0.2, 0.25) is 0 Å². The van der Waals surface area contributed by atoms with E-state index in [4.69, 9.17) is 28.0 Å². The van der Waals surface area contributed by atoms with Crippen molar-refractivity contribution in [2.24, 2.45) is 39.8 Å². The molecule has 0 saturated carbocycles. The predicted octanol–water partition coefficient (Wildman–Crippen LogP) is -2.44. The Morgan fingerprint density at radius 1 is 0.482 bits per heavy atom. The second-order valence-electron chi connectivity index (χ2n) is 21.0. The van der Waals surface area contributed by atoms with Crippen LogP contribution in [0.15, 0.2) is 59.6 Å². The zero-order chi connectivity index (χ0) is 63.9. The summed E-state index contributed by atoms with van der Waals surface area (Å²) in [6.45, 7) is 6.54. The van der Waals surface area contributed by atoms with E-state index in [2.05, 4.69) is 47.5 Å². The summed E-state index contributed by atoms with van der Waals surface area (Å²) in [5.41, 5.74) is 23.4. The molecule has 0 fully saturated rings. The Morgan fingerprint density at radius 2 is 0.906 bits per heavy atom. The molecule has 0 aromatic heterocycles. The minimum atomic E-state index is -1.84. The number of benzene rings is 2. The van der Waals surface area contributed by atoms with Crippen molar-refractivity contribution in [1.29, 1.82) is 0 Å². The average molecular weight is 1200 g/mol. The van der Waals surface area contributed by atoms with E-state index in [0.29, 0.717) is 24.0 Å². The lowest BCUT2D eigenvalue weighted by Crippen LogP contribution is -2.61. The zero-order valence-electron chi connectivity index (χ0n) is 48.0. The number of guanidine groups is 1. The molecule has 0 aliphatic carbocycles. The summed E-state index contributed by atoms with van der Waals surface area (Å²) in [4.78, 5) is 163. The van der Waals surface area contributed by atoms with E-state index < -0.39 is 157 Å². The van der Waals surface area contributed by atoms with E-state index in [0.717, 1.165) is 0 Å². The number of hydrogen-bond donors (Lipinski definition) is 17. The first kappa shape index (κ1) is 72.2. The van der Waals surface area contributed by atoms with Crippen molar-refractivity contribution < 1.29 is 83.1 Å². The smallest absolute Gasteiger partial charge is 0.326 e. The number of carbonyl (C=O) groups excluding carboxylic acids is 8. The van der Waals surface area contributed by atoms with Gasteiger partial charge in [-0.1, -0.05) is 70.2 Å². The molecule has 2 aromatic carbocycles. The molecule has 2 rings (SSSR count). The fraction of sp³-hybridized carbons (Fsp3) is 0.545. The maximum Gasteiger partial charge on any atom is 0.326 e. The van der Waals surface area contributed by atoms with Gasteiger partial charge in [0.2, 0.25) is 47.3 Å². The molecule has 0 heterocycles. The first-order chi connectivity index (χ1) is 40.0. The van der Waals surface area contributed by atoms with Gasteiger partial charge in [0.1, 0.15) is 54.1 Å². The van der Waals surface area contributed by atoms with Crippen molar-refractivity contribution in [2.45, 2.75) is 166 Å². The van der Waals surface area contributed by atoms with Gasteiger partial charge >= 0.3 is 23.9 Å². The molecule has 85 heavy (non-hydrogen) atoms. The van der Waals surface area contributed by atoms with Gasteiger partial charge in [-0.15, -0.1) is 0 Å². The Labute approximate surface area is 491 Å². The van der Waals surface area contributed by atoms with Gasteiger partial charge in [0.25, 0.3) is 0 Å². The van der Waals surface area contributed by atoms with E-state index in [1.807, 2.05) is 0 Å². The summed E-state index contributed by atoms with van der Waals surface area (Å²) < 4.78 is 0. The number of hydrogen-bond acceptors (Lipinski definition) is 16. The number of rotatable bonds is 40. The van der Waals surface area contributed by atoms with Gasteiger partial charge in [-0.3, -0.25) is 57.7 Å². The average Bonchev–Trinajstić information content (AvgIpc) is 3.57. The van der Waals surface area contributed by atoms with Gasteiger partial charge in [0.15, 0.2) is 5.96 Å². The second kappa shape index (κ2) is 37.3. The molecule has 30 heteroatoms. The summed E-state index contributed by atoms with van der Waals surface area (Å²) in [5, 5.41) is 68.0. The van der Waals surface area contributed by atoms with Crippen molar-refractivity contribution in [2.75, 3.05) is 13.1 Å². The Balaban J connectivity index is 2.64. The maximum atomic E-state index is 14.7. The number of aromatic hydroxyl groups is 1. The van der Waals surface area contributed by atoms with Crippen molar-refractivity contribution in [3.05, 3.63) is 65.7 Å². The fourth-order valence-corrected chi connectivity index (χ4v) is 8.38. The van der Waals surface area contributed by atoms with Gasteiger partial charge in [-0.2, -0.15) is 0 Å². The number of aliphatic imine (C=N–C) groups is 1. The molecule has 30 nitrogen and oxygen atoms in total. The van der Waals surface area contributed by atoms with Crippen LogP contribution in [-0.2, 0) is 70.4 Å². The third kappa shape index (κ3) is 28.3. The highest BCUT2D eigenvalue weighted by atomic mass is 16.4. The van der Waals surface area contributed by atoms with Crippen LogP contribution in [0, 0.1) is 11.8 Å². The summed E-state index contributed by atoms with van der Waals surface area (Å²) in [6, 6.07) is -0.277. The number of nitrogens with zero attached hydrogens (tertiary/aromatic N) is 1. The predicted molar refractivity (Wildman–Crippen MR) is 306 cm³/mol. The minimum Gasteiger partial charge on any atom is -0.508 e. The molecule has 0 bridgehead atoms. The number of nitrogens with one attached hydrogen (secondary N) is 8. The van der Waals surface area contributed by atoms with Crippen LogP contribution in [0.25, 0.3) is 0 Å². The monoisotopic (exact) mass is 1200 g/mol. The SMILES string of the molecule is CC(C)C[C@H](NC(=O)[C@H](CCC(=O)O)NC(=O)[C@H](CCCCN)NC(=O)[C@@H](N)CCC(=O)O)C(=O)N[C@@H](CCCN=C(N)N)C(=O)N[C@@H](Cc1ccc(O)cc1)C(=O)N[C@@H](Cc1ccccc1)C(=O)N[C@@H](CC(=O)O)C(=O)N[C@H](C(=O)O)C(C)C. The Hall–Kier alpha value is -8.93. The normalized spacial score (nSPS) is 14.2. The number of carboxylic acid groups (broad SMARTS) is 4. The van der Waals surface area contributed by atoms with E-state index in [1.54, 1.807) is 44.2 Å². The molecule has 8 amide bonds. The minimum absolute atomic E-state index is 0.0224. The Morgan fingerprint density at radius 3 is 1.38 bits per heavy atom. The van der Waals surface area contributed by atoms with Gasteiger partial charge in [0.05, 0.1) is 12.5 Å². The topological polar surface area (TPSA) is 519 Å². The molecule has 21 N–H and O–H groups in total. The third-order valence-corrected chi connectivity index (χ3v) is 13.0. The van der Waals surface area contributed by atoms with Crippen LogP contribution in [0.1, 0.15) is 109 Å². The third-order valence-electron chi connectivity index (χ3n) is 13.0. The molecule has 0 aliphatic heterocycles. The maximum absolute atomic E-state index is 14.7. The molecule has 0 unspecified atom stereocenters. The molecule has 0 saturated heterocycles. The van der Waals surface area contributed by atoms with Crippen LogP contribution in [0.3, 0.4) is 0 Å². The first-order valence-electron chi connectivity index (χ1n) is 27.7. The van der Waals surface area contributed by atoms with E-state index in [-0.39, 0.29) is 75.7 Å². The van der Waals surface area contributed by atoms with Crippen LogP contribution in [0.5, 0.6) is 5.75 Å². The van der Waals surface area contributed by atoms with Crippen molar-refractivity contribution in [3.63, 3.8) is 0 Å². The van der Waals surface area contributed by atoms with Gasteiger partial charge < -0.3 is 91.0 Å². The van der Waals surface area contributed by atoms with Crippen molar-refractivity contribution >= 4 is 77.1 Å². The highest BCUT2D eigenvalue weighted by Crippen LogP contribution is 2.15. The summed E-state index contributed by atoms with van der Waals surface area (Å²) in [5.74, 6) is -15.1. The largest absolute Gasteiger partial charge is 0.508 e. The molecule has 9 atom stereocenters. The standard InChI is InChI=1S/C55H83N13O17/c1-29(2)25-38(64-49(79)37(20-22-43(72)73)63-47(77)35(13-8-9-23-56)61-46(76)34(57)19-21-42(70)71)50(80)62-36(14-10-24-60-55(58)59)48(78)65-40(27-32-15-17-33(69)18-16-32)51(81)66-39(26-31-11-6-5-7-12-31)52(82)67-41(28-44(74)75)53(83)68-45(30(3)4)54(84)85/h5-7,11-12,15-18,29-30,34-41,45,69H,8-10,13-14,19-28,56-57H2,1-4H3,(H,61,76)(H,62,80)(H,63,77)(H,64,79)(H,65,78)(H,66,81)(H,67,82)(H,68,83)(H,70,71)(H,72,73)(H,74,75)(H,84,85)(H4,58,59,60)/t34-,35-,36-,37-,38-,39-,40-,41-,45-/m0/s1. The van der Waals surface area contributed by atoms with Crippen LogP contribution in [-0.4, -0.2) is 170 Å². The number of unbranched alkanes of at least 4 members (excludes halogenated alkanes) is 1. The molecular weight excluding hydrogens is 1110 g/mol. The number of carbonyl (C=O) groups is 12. The lowest BCUT2D eigenvalue weighted by atomic mass is 10.00. The first-order valence-corrected chi connectivity index (χ1v) is 27.7. The molecule has 0 spiro atoms. The van der Waals surface area contributed by atoms with E-state index in [9.17, 15) is 78.0 Å². The molecule has 0 radical (unpaired) electrons. The zero-order valence-corrected chi connectivity index (χ0v) is 48.0. The second-order valence-corrected chi connectivity index (χ2v) is 21.0. The number of phenolic OH excluding ortho intramolecular Hbond substituents is 1. The lowest BCUT2D eigenvalue weighted by Gasteiger charge is -2.29. The Kier molecular flexibility index (Phi) is 31.7. The van der Waals surface area contributed by atoms with Gasteiger partial charge in [-0.05, 0) is 93.0 Å². The quantitative estimate of drug-likeness (QED) is 0.0187. The number of carboxylic acids is 4. The van der Waals surface area contributed by atoms with E-state index in [1.165, 1.54) is 38.1 Å². The van der Waals surface area contributed by atoms with E-state index >= 15 is 0 Å². The van der Waals surface area contributed by atoms with Gasteiger partial charge in [0, 0.05) is 32.2 Å². The van der Waals surface area contributed by atoms with Crippen LogP contribution < -0.4 is 65.5 Å². The summed E-state index contributed by atoms with van der Waals surface area (Å²) in [6.07, 6.45) is -3.10. The van der Waals surface area contributed by atoms with Crippen LogP contribution in [0.4, 0.5) is 0 Å². The molecule has 0 aliphatic rings. The molecular formula is C55H83N13O17. The summed E-state index contributed by atoms with van der Waals surface area (Å²) >= 11 is 0. The highest BCUT2D eigenvalue weighted by molar-refractivity contribution is 5.99. The van der Waals surface area contributed by atoms with Gasteiger partial charge in [-0.25, -0.2) is 4.79 Å². The lowest BCUT2D eigenvalue weighted by molar-refractivity contribution is -0.144. The molecule has 2 aromatic rings. The number of amides is 8. The number of nitrogens with two attached hydrogens (primary N) is 4. The number of aliphatic carboxylic acids is 4. The molecule has 470 valence electrons. The fourth-order valence-electron chi connectivity index (χ4n) is 8.38. The Bertz CT molecular complexity index is 2620. The highest BCUT2D eigenvalue weighted by Gasteiger charge is 2.36. The summed E-state index contributed by atoms with van der Waals surface area (Å²) in [7, 11) is 0. The number of phenols is 1.